The molecular weight excluding hydrogens is 266 g/mol. The third kappa shape index (κ3) is 5.09. The number of halogens is 1. The van der Waals surface area contributed by atoms with Gasteiger partial charge in [0.15, 0.2) is 0 Å². The van der Waals surface area contributed by atoms with Crippen LogP contribution in [0.3, 0.4) is 0 Å². The van der Waals surface area contributed by atoms with Crippen molar-refractivity contribution < 1.29 is 14.6 Å². The molecule has 0 radical (unpaired) electrons. The van der Waals surface area contributed by atoms with E-state index in [1.165, 1.54) is 12.8 Å². The van der Waals surface area contributed by atoms with E-state index in [1.807, 2.05) is 23.1 Å². The second-order valence-corrected chi connectivity index (χ2v) is 5.26. The van der Waals surface area contributed by atoms with Gasteiger partial charge in [-0.3, -0.25) is 9.69 Å². The van der Waals surface area contributed by atoms with E-state index in [2.05, 4.69) is 0 Å². The number of nitrogens with zero attached hydrogens (tertiary/aromatic N) is 1. The minimum absolute atomic E-state index is 0.0718. The summed E-state index contributed by atoms with van der Waals surface area (Å²) >= 11 is 5.99. The van der Waals surface area contributed by atoms with Gasteiger partial charge in [0.1, 0.15) is 12.4 Å². The van der Waals surface area contributed by atoms with Crippen LogP contribution in [-0.2, 0) is 4.79 Å². The lowest BCUT2D eigenvalue weighted by molar-refractivity contribution is -0.138. The Balaban J connectivity index is 1.77. The summed E-state index contributed by atoms with van der Waals surface area (Å²) in [5.74, 6) is 0.518. The Kier molecular flexibility index (Phi) is 5.05. The molecule has 19 heavy (non-hydrogen) atoms. The number of rotatable bonds is 8. The van der Waals surface area contributed by atoms with Gasteiger partial charge in [-0.15, -0.1) is 0 Å². The van der Waals surface area contributed by atoms with Crippen molar-refractivity contribution in [2.45, 2.75) is 12.8 Å². The molecular formula is C14H18ClNO3. The van der Waals surface area contributed by atoms with Crippen LogP contribution in [0.15, 0.2) is 24.3 Å². The second-order valence-electron chi connectivity index (χ2n) is 4.85. The van der Waals surface area contributed by atoms with E-state index in [0.717, 1.165) is 6.54 Å². The van der Waals surface area contributed by atoms with Crippen molar-refractivity contribution >= 4 is 17.6 Å². The maximum absolute atomic E-state index is 10.8. The van der Waals surface area contributed by atoms with Gasteiger partial charge in [-0.2, -0.15) is 0 Å². The van der Waals surface area contributed by atoms with Gasteiger partial charge in [-0.1, -0.05) is 23.7 Å². The third-order valence-corrected chi connectivity index (χ3v) is 3.39. The van der Waals surface area contributed by atoms with Crippen molar-refractivity contribution in [2.24, 2.45) is 5.92 Å². The van der Waals surface area contributed by atoms with E-state index in [9.17, 15) is 4.79 Å². The molecule has 1 N–H and O–H groups in total. The van der Waals surface area contributed by atoms with Gasteiger partial charge in [0.05, 0.1) is 11.6 Å². The highest BCUT2D eigenvalue weighted by Crippen LogP contribution is 2.29. The van der Waals surface area contributed by atoms with Gasteiger partial charge in [-0.05, 0) is 30.9 Å². The average molecular weight is 284 g/mol. The van der Waals surface area contributed by atoms with Gasteiger partial charge >= 0.3 is 5.97 Å². The van der Waals surface area contributed by atoms with Gasteiger partial charge < -0.3 is 9.84 Å². The topological polar surface area (TPSA) is 49.8 Å². The predicted molar refractivity (Wildman–Crippen MR) is 73.7 cm³/mol. The fraction of sp³-hybridized carbons (Fsp3) is 0.500. The van der Waals surface area contributed by atoms with Crippen LogP contribution in [0.4, 0.5) is 0 Å². The second kappa shape index (κ2) is 6.78. The molecule has 4 nitrogen and oxygen atoms in total. The highest BCUT2D eigenvalue weighted by molar-refractivity contribution is 6.32. The van der Waals surface area contributed by atoms with E-state index in [1.54, 1.807) is 6.07 Å². The van der Waals surface area contributed by atoms with Crippen LogP contribution in [0, 0.1) is 5.92 Å². The van der Waals surface area contributed by atoms with Crippen molar-refractivity contribution in [1.29, 1.82) is 0 Å². The quantitative estimate of drug-likeness (QED) is 0.796. The standard InChI is InChI=1S/C14H18ClNO3/c15-12-3-1-2-4-13(12)19-8-7-16(10-14(17)18)9-11-5-6-11/h1-4,11H,5-10H2,(H,17,18). The molecule has 0 aromatic heterocycles. The molecule has 2 rings (SSSR count). The molecule has 1 saturated carbocycles. The summed E-state index contributed by atoms with van der Waals surface area (Å²) in [6.07, 6.45) is 2.42. The number of aliphatic carboxylic acids is 1. The number of carboxylic acids is 1. The lowest BCUT2D eigenvalue weighted by Crippen LogP contribution is -2.35. The zero-order chi connectivity index (χ0) is 13.7. The first kappa shape index (κ1) is 14.2. The Labute approximate surface area is 117 Å². The molecule has 0 aliphatic heterocycles. The summed E-state index contributed by atoms with van der Waals surface area (Å²) in [4.78, 5) is 12.7. The van der Waals surface area contributed by atoms with E-state index >= 15 is 0 Å². The van der Waals surface area contributed by atoms with Gasteiger partial charge in [0.2, 0.25) is 0 Å². The molecule has 0 saturated heterocycles. The van der Waals surface area contributed by atoms with Crippen molar-refractivity contribution in [3.8, 4) is 5.75 Å². The minimum Gasteiger partial charge on any atom is -0.491 e. The van der Waals surface area contributed by atoms with Crippen LogP contribution in [0.2, 0.25) is 5.02 Å². The SMILES string of the molecule is O=C(O)CN(CCOc1ccccc1Cl)CC1CC1. The molecule has 1 aliphatic rings. The number of carbonyl (C=O) groups is 1. The normalized spacial score (nSPS) is 14.6. The van der Waals surface area contributed by atoms with Crippen LogP contribution in [0.1, 0.15) is 12.8 Å². The maximum Gasteiger partial charge on any atom is 0.317 e. The molecule has 1 aliphatic carbocycles. The Morgan fingerprint density at radius 1 is 1.42 bits per heavy atom. The molecule has 0 heterocycles. The molecule has 1 aromatic carbocycles. The number of hydrogen-bond donors (Lipinski definition) is 1. The molecule has 0 atom stereocenters. The predicted octanol–water partition coefficient (Wildman–Crippen LogP) is 2.52. The molecule has 0 amide bonds. The lowest BCUT2D eigenvalue weighted by Gasteiger charge is -2.20. The lowest BCUT2D eigenvalue weighted by atomic mass is 10.3. The number of para-hydroxylation sites is 1. The molecule has 104 valence electrons. The summed E-state index contributed by atoms with van der Waals surface area (Å²) in [6.45, 7) is 1.97. The van der Waals surface area contributed by atoms with Crippen LogP contribution < -0.4 is 4.74 Å². The summed E-state index contributed by atoms with van der Waals surface area (Å²) in [5, 5.41) is 9.45. The molecule has 0 bridgehead atoms. The minimum atomic E-state index is -0.793. The first-order valence-corrected chi connectivity index (χ1v) is 6.84. The smallest absolute Gasteiger partial charge is 0.317 e. The Morgan fingerprint density at radius 2 is 2.16 bits per heavy atom. The first-order chi connectivity index (χ1) is 9.15. The van der Waals surface area contributed by atoms with Crippen molar-refractivity contribution in [3.63, 3.8) is 0 Å². The number of ether oxygens (including phenoxy) is 1. The maximum atomic E-state index is 10.8. The van der Waals surface area contributed by atoms with Crippen LogP contribution in [-0.4, -0.2) is 42.2 Å². The van der Waals surface area contributed by atoms with Crippen LogP contribution >= 0.6 is 11.6 Å². The summed E-state index contributed by atoms with van der Waals surface area (Å²) in [5.41, 5.74) is 0. The van der Waals surface area contributed by atoms with E-state index in [0.29, 0.717) is 29.8 Å². The van der Waals surface area contributed by atoms with E-state index in [-0.39, 0.29) is 6.54 Å². The van der Waals surface area contributed by atoms with Crippen molar-refractivity contribution in [1.82, 2.24) is 4.90 Å². The Hall–Kier alpha value is -1.26. The van der Waals surface area contributed by atoms with Gasteiger partial charge in [0.25, 0.3) is 0 Å². The van der Waals surface area contributed by atoms with Crippen molar-refractivity contribution in [2.75, 3.05) is 26.2 Å². The van der Waals surface area contributed by atoms with Crippen molar-refractivity contribution in [3.05, 3.63) is 29.3 Å². The zero-order valence-electron chi connectivity index (χ0n) is 10.7. The Morgan fingerprint density at radius 3 is 2.79 bits per heavy atom. The van der Waals surface area contributed by atoms with E-state index in [4.69, 9.17) is 21.4 Å². The highest BCUT2D eigenvalue weighted by atomic mass is 35.5. The fourth-order valence-electron chi connectivity index (χ4n) is 1.94. The first-order valence-electron chi connectivity index (χ1n) is 6.46. The monoisotopic (exact) mass is 283 g/mol. The largest absolute Gasteiger partial charge is 0.491 e. The Bertz CT molecular complexity index is 434. The van der Waals surface area contributed by atoms with Crippen LogP contribution in [0.25, 0.3) is 0 Å². The molecule has 0 spiro atoms. The molecule has 1 aromatic rings. The zero-order valence-corrected chi connectivity index (χ0v) is 11.5. The highest BCUT2D eigenvalue weighted by Gasteiger charge is 2.25. The molecule has 0 unspecified atom stereocenters. The third-order valence-electron chi connectivity index (χ3n) is 3.07. The van der Waals surface area contributed by atoms with Gasteiger partial charge in [-0.25, -0.2) is 0 Å². The average Bonchev–Trinajstić information content (AvgIpc) is 3.14. The number of benzene rings is 1. The molecule has 5 heteroatoms. The summed E-state index contributed by atoms with van der Waals surface area (Å²) in [7, 11) is 0. The van der Waals surface area contributed by atoms with Crippen LogP contribution in [0.5, 0.6) is 5.75 Å². The fourth-order valence-corrected chi connectivity index (χ4v) is 2.13. The van der Waals surface area contributed by atoms with E-state index < -0.39 is 5.97 Å². The summed E-state index contributed by atoms with van der Waals surface area (Å²) < 4.78 is 5.58. The van der Waals surface area contributed by atoms with Gasteiger partial charge in [0, 0.05) is 13.1 Å². The molecule has 1 fully saturated rings. The number of hydrogen-bond acceptors (Lipinski definition) is 3. The summed E-state index contributed by atoms with van der Waals surface area (Å²) in [6, 6.07) is 7.29. The number of carboxylic acid groups (broad SMARTS) is 1.